The SMILES string of the molecule is Cc1cc(-c2nccc3c2cc(C(=O)O)n3CCOc2ccc(Cl)cc2)ccn1. The molecule has 1 N–H and O–H groups in total. The van der Waals surface area contributed by atoms with Crippen LogP contribution in [0.25, 0.3) is 22.2 Å². The molecule has 1 aromatic carbocycles. The quantitative estimate of drug-likeness (QED) is 0.495. The zero-order valence-electron chi connectivity index (χ0n) is 15.7. The van der Waals surface area contributed by atoms with E-state index in [1.807, 2.05) is 25.1 Å². The zero-order chi connectivity index (χ0) is 20.4. The van der Waals surface area contributed by atoms with E-state index < -0.39 is 5.97 Å². The van der Waals surface area contributed by atoms with Crippen LogP contribution in [-0.2, 0) is 6.54 Å². The molecule has 3 aromatic heterocycles. The number of carboxylic acids is 1. The van der Waals surface area contributed by atoms with E-state index in [9.17, 15) is 9.90 Å². The molecule has 0 fully saturated rings. The van der Waals surface area contributed by atoms with E-state index in [-0.39, 0.29) is 5.69 Å². The van der Waals surface area contributed by atoms with Gasteiger partial charge in [0.05, 0.1) is 17.8 Å². The van der Waals surface area contributed by atoms with Gasteiger partial charge >= 0.3 is 5.97 Å². The fourth-order valence-corrected chi connectivity index (χ4v) is 3.44. The van der Waals surface area contributed by atoms with Crippen LogP contribution in [0.15, 0.2) is 60.9 Å². The molecule has 6 nitrogen and oxygen atoms in total. The number of halogens is 1. The van der Waals surface area contributed by atoms with Crippen LogP contribution in [0.1, 0.15) is 16.2 Å². The highest BCUT2D eigenvalue weighted by atomic mass is 35.5. The molecule has 146 valence electrons. The van der Waals surface area contributed by atoms with Crippen molar-refractivity contribution < 1.29 is 14.6 Å². The number of pyridine rings is 2. The number of ether oxygens (including phenoxy) is 1. The topological polar surface area (TPSA) is 77.2 Å². The van der Waals surface area contributed by atoms with Crippen molar-refractivity contribution in [2.75, 3.05) is 6.61 Å². The molecule has 0 bridgehead atoms. The van der Waals surface area contributed by atoms with E-state index in [4.69, 9.17) is 16.3 Å². The minimum Gasteiger partial charge on any atom is -0.492 e. The van der Waals surface area contributed by atoms with Crippen LogP contribution in [0.2, 0.25) is 5.02 Å². The molecule has 0 amide bonds. The Labute approximate surface area is 172 Å². The Morgan fingerprint density at radius 2 is 1.86 bits per heavy atom. The first-order chi connectivity index (χ1) is 14.0. The van der Waals surface area contributed by atoms with Crippen LogP contribution < -0.4 is 4.74 Å². The van der Waals surface area contributed by atoms with Gasteiger partial charge in [-0.05, 0) is 55.5 Å². The van der Waals surface area contributed by atoms with E-state index in [0.717, 1.165) is 27.9 Å². The number of nitrogens with zero attached hydrogens (tertiary/aromatic N) is 3. The van der Waals surface area contributed by atoms with E-state index in [0.29, 0.717) is 23.9 Å². The number of carboxylic acid groups (broad SMARTS) is 1. The first-order valence-corrected chi connectivity index (χ1v) is 9.43. The fourth-order valence-electron chi connectivity index (χ4n) is 3.31. The summed E-state index contributed by atoms with van der Waals surface area (Å²) in [7, 11) is 0. The summed E-state index contributed by atoms with van der Waals surface area (Å²) in [5.41, 5.74) is 3.49. The van der Waals surface area contributed by atoms with Gasteiger partial charge in [-0.1, -0.05) is 11.6 Å². The van der Waals surface area contributed by atoms with Crippen molar-refractivity contribution in [1.82, 2.24) is 14.5 Å². The Morgan fingerprint density at radius 1 is 1.10 bits per heavy atom. The van der Waals surface area contributed by atoms with Crippen molar-refractivity contribution in [3.05, 3.63) is 77.3 Å². The van der Waals surface area contributed by atoms with Crippen molar-refractivity contribution in [3.63, 3.8) is 0 Å². The van der Waals surface area contributed by atoms with E-state index in [1.54, 1.807) is 47.3 Å². The highest BCUT2D eigenvalue weighted by Crippen LogP contribution is 2.29. The van der Waals surface area contributed by atoms with Gasteiger partial charge < -0.3 is 14.4 Å². The van der Waals surface area contributed by atoms with Crippen molar-refractivity contribution in [3.8, 4) is 17.0 Å². The molecule has 0 radical (unpaired) electrons. The molecule has 29 heavy (non-hydrogen) atoms. The summed E-state index contributed by atoms with van der Waals surface area (Å²) < 4.78 is 7.50. The van der Waals surface area contributed by atoms with Crippen LogP contribution in [0.3, 0.4) is 0 Å². The monoisotopic (exact) mass is 407 g/mol. The lowest BCUT2D eigenvalue weighted by Gasteiger charge is -2.11. The number of aryl methyl sites for hydroxylation is 1. The molecule has 4 rings (SSSR count). The van der Waals surface area contributed by atoms with Crippen molar-refractivity contribution in [2.24, 2.45) is 0 Å². The molecule has 0 aliphatic heterocycles. The van der Waals surface area contributed by atoms with Crippen molar-refractivity contribution in [1.29, 1.82) is 0 Å². The molecule has 0 spiro atoms. The molecular formula is C22H18ClN3O3. The summed E-state index contributed by atoms with van der Waals surface area (Å²) in [6, 6.07) is 14.3. The summed E-state index contributed by atoms with van der Waals surface area (Å²) in [6.45, 7) is 2.61. The Morgan fingerprint density at radius 3 is 2.59 bits per heavy atom. The molecule has 0 unspecified atom stereocenters. The molecule has 0 aliphatic rings. The summed E-state index contributed by atoms with van der Waals surface area (Å²) in [5, 5.41) is 11.1. The van der Waals surface area contributed by atoms with Gasteiger partial charge in [-0.2, -0.15) is 0 Å². The highest BCUT2D eigenvalue weighted by Gasteiger charge is 2.18. The van der Waals surface area contributed by atoms with Gasteiger partial charge in [-0.15, -0.1) is 0 Å². The van der Waals surface area contributed by atoms with Gasteiger partial charge in [0.1, 0.15) is 18.1 Å². The third-order valence-corrected chi connectivity index (χ3v) is 4.87. The van der Waals surface area contributed by atoms with Gasteiger partial charge in [0.2, 0.25) is 0 Å². The Bertz CT molecular complexity index is 1190. The molecule has 7 heteroatoms. The van der Waals surface area contributed by atoms with Crippen molar-refractivity contribution in [2.45, 2.75) is 13.5 Å². The second-order valence-electron chi connectivity index (χ2n) is 6.57. The van der Waals surface area contributed by atoms with E-state index >= 15 is 0 Å². The summed E-state index contributed by atoms with van der Waals surface area (Å²) in [5.74, 6) is -0.318. The van der Waals surface area contributed by atoms with Gasteiger partial charge in [0.15, 0.2) is 0 Å². The van der Waals surface area contributed by atoms with Gasteiger partial charge in [0, 0.05) is 34.1 Å². The first kappa shape index (κ1) is 19.0. The Hall–Kier alpha value is -3.38. The maximum absolute atomic E-state index is 11.9. The summed E-state index contributed by atoms with van der Waals surface area (Å²) >= 11 is 5.89. The number of carbonyl (C=O) groups is 1. The molecule has 0 saturated carbocycles. The molecule has 0 aliphatic carbocycles. The standard InChI is InChI=1S/C22H18ClN3O3/c1-14-12-15(6-8-24-14)21-18-13-20(22(27)28)26(19(18)7-9-25-21)10-11-29-17-4-2-16(23)3-5-17/h2-9,12-13H,10-11H2,1H3,(H,27,28). The lowest BCUT2D eigenvalue weighted by molar-refractivity contribution is 0.0684. The van der Waals surface area contributed by atoms with E-state index in [1.165, 1.54) is 0 Å². The highest BCUT2D eigenvalue weighted by molar-refractivity contribution is 6.30. The first-order valence-electron chi connectivity index (χ1n) is 9.06. The van der Waals surface area contributed by atoms with Crippen LogP contribution in [0, 0.1) is 6.92 Å². The number of benzene rings is 1. The number of hydrogen-bond donors (Lipinski definition) is 1. The average Bonchev–Trinajstić information content (AvgIpc) is 3.08. The number of aromatic nitrogens is 3. The predicted molar refractivity (Wildman–Crippen MR) is 112 cm³/mol. The van der Waals surface area contributed by atoms with Crippen LogP contribution in [-0.4, -0.2) is 32.2 Å². The molecule has 0 atom stereocenters. The second-order valence-corrected chi connectivity index (χ2v) is 7.00. The van der Waals surface area contributed by atoms with E-state index in [2.05, 4.69) is 9.97 Å². The van der Waals surface area contributed by atoms with Crippen molar-refractivity contribution >= 4 is 28.5 Å². The zero-order valence-corrected chi connectivity index (χ0v) is 16.4. The normalized spacial score (nSPS) is 11.0. The molecule has 0 saturated heterocycles. The maximum Gasteiger partial charge on any atom is 0.352 e. The molecule has 4 aromatic rings. The Kier molecular flexibility index (Phi) is 5.18. The van der Waals surface area contributed by atoms with Crippen LogP contribution in [0.4, 0.5) is 0 Å². The average molecular weight is 408 g/mol. The number of aromatic carboxylic acids is 1. The van der Waals surface area contributed by atoms with Gasteiger partial charge in [-0.25, -0.2) is 4.79 Å². The minimum atomic E-state index is -0.996. The molecular weight excluding hydrogens is 390 g/mol. The number of rotatable bonds is 6. The number of fused-ring (bicyclic) bond motifs is 1. The molecule has 3 heterocycles. The lowest BCUT2D eigenvalue weighted by Crippen LogP contribution is -2.13. The second kappa shape index (κ2) is 7.93. The van der Waals surface area contributed by atoms with Crippen LogP contribution >= 0.6 is 11.6 Å². The van der Waals surface area contributed by atoms with Gasteiger partial charge in [-0.3, -0.25) is 9.97 Å². The predicted octanol–water partition coefficient (Wildman–Crippen LogP) is 4.84. The summed E-state index contributed by atoms with van der Waals surface area (Å²) in [4.78, 5) is 20.6. The van der Waals surface area contributed by atoms with Crippen LogP contribution in [0.5, 0.6) is 5.75 Å². The summed E-state index contributed by atoms with van der Waals surface area (Å²) in [6.07, 6.45) is 3.41. The van der Waals surface area contributed by atoms with Gasteiger partial charge in [0.25, 0.3) is 0 Å². The fraction of sp³-hybridized carbons (Fsp3) is 0.136. The number of hydrogen-bond acceptors (Lipinski definition) is 4. The Balaban J connectivity index is 1.69. The maximum atomic E-state index is 11.9. The third-order valence-electron chi connectivity index (χ3n) is 4.62. The third kappa shape index (κ3) is 3.93. The lowest BCUT2D eigenvalue weighted by atomic mass is 10.1. The smallest absolute Gasteiger partial charge is 0.352 e. The largest absolute Gasteiger partial charge is 0.492 e. The minimum absolute atomic E-state index is 0.194.